The second-order valence-corrected chi connectivity index (χ2v) is 5.07. The van der Waals surface area contributed by atoms with Gasteiger partial charge in [0.1, 0.15) is 6.61 Å². The number of nitrogens with one attached hydrogen (secondary N) is 1. The number of hydrogen-bond donors (Lipinski definition) is 2. The van der Waals surface area contributed by atoms with Gasteiger partial charge in [0.05, 0.1) is 11.9 Å². The van der Waals surface area contributed by atoms with Crippen LogP contribution in [-0.4, -0.2) is 32.3 Å². The van der Waals surface area contributed by atoms with Crippen molar-refractivity contribution in [3.05, 3.63) is 23.8 Å². The number of aliphatic hydroxyl groups excluding tert-OH is 1. The predicted octanol–water partition coefficient (Wildman–Crippen LogP) is 0.264. The fraction of sp³-hybridized carbons (Fsp3) is 0.300. The Morgan fingerprint density at radius 1 is 1.47 bits per heavy atom. The second-order valence-electron chi connectivity index (χ2n) is 3.49. The van der Waals surface area contributed by atoms with E-state index in [-0.39, 0.29) is 11.4 Å². The fourth-order valence-electron chi connectivity index (χ4n) is 1.17. The molecule has 1 aromatic carbocycles. The summed E-state index contributed by atoms with van der Waals surface area (Å²) >= 11 is 0. The lowest BCUT2D eigenvalue weighted by atomic mass is 10.2. The lowest BCUT2D eigenvalue weighted by Crippen LogP contribution is -2.17. The Bertz CT molecular complexity index is 523. The molecule has 0 fully saturated rings. The molecule has 0 aliphatic heterocycles. The molecule has 0 aromatic heterocycles. The van der Waals surface area contributed by atoms with Crippen LogP contribution in [0, 0.1) is 6.92 Å². The van der Waals surface area contributed by atoms with Crippen LogP contribution in [0.4, 0.5) is 5.69 Å². The number of benzene rings is 1. The largest absolute Gasteiger partial charge is 0.387 e. The van der Waals surface area contributed by atoms with E-state index in [1.165, 1.54) is 6.07 Å². The van der Waals surface area contributed by atoms with E-state index >= 15 is 0 Å². The van der Waals surface area contributed by atoms with E-state index in [4.69, 9.17) is 9.29 Å². The Morgan fingerprint density at radius 3 is 2.65 bits per heavy atom. The molecule has 0 atom stereocenters. The third-order valence-corrected chi connectivity index (χ3v) is 2.28. The number of aryl methyl sites for hydroxylation is 1. The fourth-order valence-corrected chi connectivity index (χ4v) is 1.64. The number of rotatable bonds is 4. The molecule has 0 bridgehead atoms. The maximum atomic E-state index is 11.0. The zero-order chi connectivity index (χ0) is 13.1. The number of carbonyl (C=O) groups is 1. The quantitative estimate of drug-likeness (QED) is 0.757. The Labute approximate surface area is 99.3 Å². The van der Waals surface area contributed by atoms with Crippen LogP contribution >= 0.6 is 0 Å². The van der Waals surface area contributed by atoms with Gasteiger partial charge in [0.25, 0.3) is 0 Å². The van der Waals surface area contributed by atoms with Crippen LogP contribution in [-0.2, 0) is 14.9 Å². The number of anilines is 1. The molecule has 17 heavy (non-hydrogen) atoms. The molecule has 1 aromatic rings. The van der Waals surface area contributed by atoms with Crippen LogP contribution in [0.15, 0.2) is 18.2 Å². The first kappa shape index (κ1) is 13.5. The molecule has 0 spiro atoms. The SMILES string of the molecule is Cc1ccc(OS(C)(=O)=O)c(NC(=O)CO)c1. The van der Waals surface area contributed by atoms with Crippen molar-refractivity contribution in [2.75, 3.05) is 18.2 Å². The predicted molar refractivity (Wildman–Crippen MR) is 62.4 cm³/mol. The number of hydrogen-bond acceptors (Lipinski definition) is 5. The van der Waals surface area contributed by atoms with Crippen molar-refractivity contribution < 1.29 is 22.5 Å². The molecule has 94 valence electrons. The minimum Gasteiger partial charge on any atom is -0.387 e. The molecule has 0 unspecified atom stereocenters. The van der Waals surface area contributed by atoms with Crippen molar-refractivity contribution in [3.8, 4) is 5.75 Å². The van der Waals surface area contributed by atoms with Crippen molar-refractivity contribution in [2.24, 2.45) is 0 Å². The molecule has 0 heterocycles. The van der Waals surface area contributed by atoms with Crippen molar-refractivity contribution in [1.29, 1.82) is 0 Å². The van der Waals surface area contributed by atoms with Gasteiger partial charge in [-0.25, -0.2) is 0 Å². The molecule has 6 nitrogen and oxygen atoms in total. The second kappa shape index (κ2) is 5.15. The van der Waals surface area contributed by atoms with Crippen LogP contribution < -0.4 is 9.50 Å². The number of carbonyl (C=O) groups excluding carboxylic acids is 1. The van der Waals surface area contributed by atoms with Crippen LogP contribution in [0.3, 0.4) is 0 Å². The van der Waals surface area contributed by atoms with E-state index in [1.54, 1.807) is 19.1 Å². The summed E-state index contributed by atoms with van der Waals surface area (Å²) in [6, 6.07) is 4.63. The number of aliphatic hydroxyl groups is 1. The zero-order valence-electron chi connectivity index (χ0n) is 9.43. The highest BCUT2D eigenvalue weighted by molar-refractivity contribution is 7.86. The zero-order valence-corrected chi connectivity index (χ0v) is 10.2. The Morgan fingerprint density at radius 2 is 2.12 bits per heavy atom. The monoisotopic (exact) mass is 259 g/mol. The van der Waals surface area contributed by atoms with Crippen LogP contribution in [0.5, 0.6) is 5.75 Å². The summed E-state index contributed by atoms with van der Waals surface area (Å²) in [5.74, 6) is -0.631. The molecule has 0 radical (unpaired) electrons. The van der Waals surface area contributed by atoms with Crippen molar-refractivity contribution in [3.63, 3.8) is 0 Å². The van der Waals surface area contributed by atoms with E-state index in [0.29, 0.717) is 0 Å². The van der Waals surface area contributed by atoms with Gasteiger partial charge in [-0.15, -0.1) is 0 Å². The molecule has 2 N–H and O–H groups in total. The van der Waals surface area contributed by atoms with Gasteiger partial charge in [-0.05, 0) is 24.6 Å². The minimum absolute atomic E-state index is 0.0138. The minimum atomic E-state index is -3.67. The lowest BCUT2D eigenvalue weighted by molar-refractivity contribution is -0.118. The topological polar surface area (TPSA) is 92.7 Å². The van der Waals surface area contributed by atoms with Crippen LogP contribution in [0.1, 0.15) is 5.56 Å². The first-order chi connectivity index (χ1) is 7.81. The van der Waals surface area contributed by atoms with E-state index in [2.05, 4.69) is 5.32 Å². The lowest BCUT2D eigenvalue weighted by Gasteiger charge is -2.11. The van der Waals surface area contributed by atoms with Crippen molar-refractivity contribution in [2.45, 2.75) is 6.92 Å². The summed E-state index contributed by atoms with van der Waals surface area (Å²) in [6.07, 6.45) is 0.907. The van der Waals surface area contributed by atoms with Gasteiger partial charge in [0.2, 0.25) is 5.91 Å². The Hall–Kier alpha value is -1.60. The van der Waals surface area contributed by atoms with E-state index in [9.17, 15) is 13.2 Å². The highest BCUT2D eigenvalue weighted by Crippen LogP contribution is 2.26. The molecule has 0 aliphatic carbocycles. The molecule has 1 rings (SSSR count). The van der Waals surface area contributed by atoms with Gasteiger partial charge in [-0.1, -0.05) is 6.07 Å². The smallest absolute Gasteiger partial charge is 0.306 e. The molecular formula is C10H13NO5S. The maximum absolute atomic E-state index is 11.0. The third-order valence-electron chi connectivity index (χ3n) is 1.79. The highest BCUT2D eigenvalue weighted by atomic mass is 32.2. The van der Waals surface area contributed by atoms with Crippen molar-refractivity contribution >= 4 is 21.7 Å². The molecule has 7 heteroatoms. The molecule has 0 aliphatic rings. The van der Waals surface area contributed by atoms with E-state index < -0.39 is 22.6 Å². The van der Waals surface area contributed by atoms with Gasteiger partial charge < -0.3 is 14.6 Å². The first-order valence-electron chi connectivity index (χ1n) is 4.72. The summed E-state index contributed by atoms with van der Waals surface area (Å²) in [5, 5.41) is 11.0. The van der Waals surface area contributed by atoms with Crippen LogP contribution in [0.25, 0.3) is 0 Å². The molecule has 0 saturated heterocycles. The maximum Gasteiger partial charge on any atom is 0.306 e. The van der Waals surface area contributed by atoms with Gasteiger partial charge >= 0.3 is 10.1 Å². The summed E-state index contributed by atoms with van der Waals surface area (Å²) < 4.78 is 26.7. The van der Waals surface area contributed by atoms with Gasteiger partial charge in [-0.3, -0.25) is 4.79 Å². The van der Waals surface area contributed by atoms with Gasteiger partial charge in [0, 0.05) is 0 Å². The van der Waals surface area contributed by atoms with Crippen LogP contribution in [0.2, 0.25) is 0 Å². The standard InChI is InChI=1S/C10H13NO5S/c1-7-3-4-9(16-17(2,14)15)8(5-7)11-10(13)6-12/h3-5,12H,6H2,1-2H3,(H,11,13). The summed E-state index contributed by atoms with van der Waals surface area (Å²) in [7, 11) is -3.67. The first-order valence-corrected chi connectivity index (χ1v) is 6.54. The molecule has 0 saturated carbocycles. The summed E-state index contributed by atoms with van der Waals surface area (Å²) in [4.78, 5) is 11.0. The average Bonchev–Trinajstić information content (AvgIpc) is 2.20. The average molecular weight is 259 g/mol. The summed E-state index contributed by atoms with van der Waals surface area (Å²) in [6.45, 7) is 1.09. The number of amides is 1. The van der Waals surface area contributed by atoms with E-state index in [1.807, 2.05) is 0 Å². The normalized spacial score (nSPS) is 11.0. The van der Waals surface area contributed by atoms with Gasteiger partial charge in [0.15, 0.2) is 5.75 Å². The molecule has 1 amide bonds. The highest BCUT2D eigenvalue weighted by Gasteiger charge is 2.12. The third kappa shape index (κ3) is 4.41. The van der Waals surface area contributed by atoms with Crippen molar-refractivity contribution in [1.82, 2.24) is 0 Å². The molecular weight excluding hydrogens is 246 g/mol. The van der Waals surface area contributed by atoms with Gasteiger partial charge in [-0.2, -0.15) is 8.42 Å². The van der Waals surface area contributed by atoms with E-state index in [0.717, 1.165) is 11.8 Å². The Kier molecular flexibility index (Phi) is 4.08. The Balaban J connectivity index is 3.08. The summed E-state index contributed by atoms with van der Waals surface area (Å²) in [5.41, 5.74) is 1.02.